The number of carbonyl (C=O) groups excluding carboxylic acids is 1. The van der Waals surface area contributed by atoms with Gasteiger partial charge >= 0.3 is 5.97 Å². The Morgan fingerprint density at radius 3 is 2.13 bits per heavy atom. The van der Waals surface area contributed by atoms with Crippen molar-refractivity contribution in [1.82, 2.24) is 0 Å². The molecule has 0 rings (SSSR count). The summed E-state index contributed by atoms with van der Waals surface area (Å²) in [6, 6.07) is 0. The third kappa shape index (κ3) is 9.73. The number of nitrogens with zero attached hydrogens (tertiary/aromatic N) is 1. The van der Waals surface area contributed by atoms with E-state index in [9.17, 15) is 4.79 Å². The van der Waals surface area contributed by atoms with Crippen LogP contribution in [0, 0.1) is 0 Å². The van der Waals surface area contributed by atoms with Crippen molar-refractivity contribution in [2.75, 3.05) is 20.6 Å². The Morgan fingerprint density at radius 2 is 1.60 bits per heavy atom. The van der Waals surface area contributed by atoms with E-state index in [1.807, 2.05) is 14.1 Å². The van der Waals surface area contributed by atoms with E-state index in [-0.39, 0.29) is 5.97 Å². The van der Waals surface area contributed by atoms with E-state index in [1.165, 1.54) is 39.0 Å². The van der Waals surface area contributed by atoms with Crippen molar-refractivity contribution >= 4 is 5.97 Å². The van der Waals surface area contributed by atoms with Gasteiger partial charge in [-0.2, -0.15) is 0 Å². The summed E-state index contributed by atoms with van der Waals surface area (Å²) in [5.41, 5.74) is 0. The van der Waals surface area contributed by atoms with Gasteiger partial charge in [0, 0.05) is 13.3 Å². The predicted octanol–water partition coefficient (Wildman–Crippen LogP) is 2.90. The summed E-state index contributed by atoms with van der Waals surface area (Å²) in [6.45, 7) is 4.59. The Balaban J connectivity index is 3.44. The van der Waals surface area contributed by atoms with Gasteiger partial charge in [0.05, 0.1) is 0 Å². The molecule has 90 valence electrons. The molecule has 0 fully saturated rings. The Bertz CT molecular complexity index is 178. The molecule has 0 heterocycles. The van der Waals surface area contributed by atoms with Crippen LogP contribution >= 0.6 is 0 Å². The highest BCUT2D eigenvalue weighted by molar-refractivity contribution is 5.65. The third-order valence-corrected chi connectivity index (χ3v) is 2.43. The lowest BCUT2D eigenvalue weighted by atomic mass is 10.1. The van der Waals surface area contributed by atoms with Crippen molar-refractivity contribution in [3.63, 3.8) is 0 Å². The first-order valence-electron chi connectivity index (χ1n) is 6.01. The molecule has 0 aromatic carbocycles. The predicted molar refractivity (Wildman–Crippen MR) is 62.1 cm³/mol. The number of hydrogen-bond acceptors (Lipinski definition) is 2. The van der Waals surface area contributed by atoms with Gasteiger partial charge in [0.1, 0.15) is 20.6 Å². The molecule has 3 heteroatoms. The molecule has 0 N–H and O–H groups in total. The molecule has 0 saturated carbocycles. The zero-order chi connectivity index (χ0) is 11.7. The van der Waals surface area contributed by atoms with Gasteiger partial charge in [-0.05, 0) is 6.42 Å². The molecular weight excluding hydrogens is 190 g/mol. The van der Waals surface area contributed by atoms with Gasteiger partial charge in [-0.15, -0.1) is 4.65 Å². The van der Waals surface area contributed by atoms with Crippen molar-refractivity contribution in [3.8, 4) is 0 Å². The number of hydroxylamine groups is 3. The molecule has 0 aromatic heterocycles. The van der Waals surface area contributed by atoms with Gasteiger partial charge in [-0.3, -0.25) is 4.84 Å². The first kappa shape index (κ1) is 14.4. The number of carbonyl (C=O) groups is 1. The monoisotopic (exact) mass is 216 g/mol. The lowest BCUT2D eigenvalue weighted by Gasteiger charge is -2.25. The van der Waals surface area contributed by atoms with Gasteiger partial charge in [-0.25, -0.2) is 4.79 Å². The minimum Gasteiger partial charge on any atom is -0.277 e. The highest BCUT2D eigenvalue weighted by Gasteiger charge is 2.18. The van der Waals surface area contributed by atoms with E-state index in [4.69, 9.17) is 4.84 Å². The molecule has 0 aliphatic rings. The molecule has 0 aliphatic heterocycles. The van der Waals surface area contributed by atoms with E-state index in [0.717, 1.165) is 13.0 Å². The average molecular weight is 216 g/mol. The SMILES string of the molecule is CCCCCCCC[N+](C)(C)OC(C)=O. The summed E-state index contributed by atoms with van der Waals surface area (Å²) in [5, 5.41) is 0. The summed E-state index contributed by atoms with van der Waals surface area (Å²) in [5.74, 6) is -0.203. The largest absolute Gasteiger partial charge is 0.363 e. The maximum atomic E-state index is 10.8. The van der Waals surface area contributed by atoms with Gasteiger partial charge in [0.25, 0.3) is 0 Å². The standard InChI is InChI=1S/C12H26NO2/c1-5-6-7-8-9-10-11-13(3,4)15-12(2)14/h5-11H2,1-4H3/q+1. The smallest absolute Gasteiger partial charge is 0.277 e. The summed E-state index contributed by atoms with van der Waals surface area (Å²) in [4.78, 5) is 16.0. The quantitative estimate of drug-likeness (QED) is 0.354. The van der Waals surface area contributed by atoms with Gasteiger partial charge < -0.3 is 0 Å². The fraction of sp³-hybridized carbons (Fsp3) is 0.917. The van der Waals surface area contributed by atoms with Gasteiger partial charge in [0.2, 0.25) is 0 Å². The first-order chi connectivity index (χ1) is 6.98. The molecule has 0 amide bonds. The zero-order valence-electron chi connectivity index (χ0n) is 10.7. The molecule has 0 unspecified atom stereocenters. The molecule has 0 atom stereocenters. The van der Waals surface area contributed by atoms with Crippen LogP contribution in [0.1, 0.15) is 52.4 Å². The van der Waals surface area contributed by atoms with Crippen molar-refractivity contribution in [3.05, 3.63) is 0 Å². The molecule has 0 saturated heterocycles. The van der Waals surface area contributed by atoms with Crippen molar-refractivity contribution in [2.24, 2.45) is 0 Å². The topological polar surface area (TPSA) is 26.3 Å². The van der Waals surface area contributed by atoms with E-state index in [2.05, 4.69) is 6.92 Å². The van der Waals surface area contributed by atoms with Crippen LogP contribution in [0.25, 0.3) is 0 Å². The fourth-order valence-electron chi connectivity index (χ4n) is 1.67. The van der Waals surface area contributed by atoms with Crippen LogP contribution < -0.4 is 0 Å². The minimum atomic E-state index is -0.203. The molecule has 0 bridgehead atoms. The van der Waals surface area contributed by atoms with Crippen LogP contribution in [-0.4, -0.2) is 31.3 Å². The lowest BCUT2D eigenvalue weighted by molar-refractivity contribution is -1.06. The Labute approximate surface area is 94.0 Å². The highest BCUT2D eigenvalue weighted by Crippen LogP contribution is 2.08. The molecule has 0 radical (unpaired) electrons. The second-order valence-electron chi connectivity index (χ2n) is 4.65. The molecular formula is C12H26NO2+. The van der Waals surface area contributed by atoms with Crippen LogP contribution in [-0.2, 0) is 9.63 Å². The number of rotatable bonds is 8. The molecule has 0 aromatic rings. The summed E-state index contributed by atoms with van der Waals surface area (Å²) in [7, 11) is 3.85. The Kier molecular flexibility index (Phi) is 7.39. The minimum absolute atomic E-state index is 0.203. The van der Waals surface area contributed by atoms with Gasteiger partial charge in [0.15, 0.2) is 0 Å². The van der Waals surface area contributed by atoms with Crippen molar-refractivity contribution in [2.45, 2.75) is 52.4 Å². The van der Waals surface area contributed by atoms with E-state index >= 15 is 0 Å². The lowest BCUT2D eigenvalue weighted by Crippen LogP contribution is -2.41. The molecule has 0 aliphatic carbocycles. The maximum Gasteiger partial charge on any atom is 0.363 e. The van der Waals surface area contributed by atoms with Crippen LogP contribution in [0.3, 0.4) is 0 Å². The Hall–Kier alpha value is -0.570. The van der Waals surface area contributed by atoms with Crippen LogP contribution in [0.2, 0.25) is 0 Å². The summed E-state index contributed by atoms with van der Waals surface area (Å²) in [6.07, 6.45) is 7.62. The van der Waals surface area contributed by atoms with Crippen LogP contribution in [0.4, 0.5) is 0 Å². The number of unbranched alkanes of at least 4 members (excludes halogenated alkanes) is 5. The summed E-state index contributed by atoms with van der Waals surface area (Å²) < 4.78 is 0.350. The first-order valence-corrected chi connectivity index (χ1v) is 6.01. The Morgan fingerprint density at radius 1 is 1.07 bits per heavy atom. The third-order valence-electron chi connectivity index (χ3n) is 2.43. The zero-order valence-corrected chi connectivity index (χ0v) is 10.7. The van der Waals surface area contributed by atoms with Crippen molar-refractivity contribution in [1.29, 1.82) is 0 Å². The molecule has 0 spiro atoms. The second kappa shape index (κ2) is 7.69. The number of quaternary nitrogens is 1. The van der Waals surface area contributed by atoms with E-state index < -0.39 is 0 Å². The van der Waals surface area contributed by atoms with Crippen molar-refractivity contribution < 1.29 is 14.3 Å². The van der Waals surface area contributed by atoms with E-state index in [0.29, 0.717) is 4.65 Å². The van der Waals surface area contributed by atoms with Gasteiger partial charge in [-0.1, -0.05) is 32.6 Å². The highest BCUT2D eigenvalue weighted by atomic mass is 16.7. The normalized spacial score (nSPS) is 11.5. The molecule has 15 heavy (non-hydrogen) atoms. The average Bonchev–Trinajstić information content (AvgIpc) is 2.08. The van der Waals surface area contributed by atoms with Crippen LogP contribution in [0.15, 0.2) is 0 Å². The second-order valence-corrected chi connectivity index (χ2v) is 4.65. The maximum absolute atomic E-state index is 10.8. The van der Waals surface area contributed by atoms with E-state index in [1.54, 1.807) is 0 Å². The van der Waals surface area contributed by atoms with Crippen LogP contribution in [0.5, 0.6) is 0 Å². The summed E-state index contributed by atoms with van der Waals surface area (Å²) >= 11 is 0. The fourth-order valence-corrected chi connectivity index (χ4v) is 1.67. The molecule has 3 nitrogen and oxygen atoms in total. The number of hydrogen-bond donors (Lipinski definition) is 0.